The predicted molar refractivity (Wildman–Crippen MR) is 79.0 cm³/mol. The van der Waals surface area contributed by atoms with Gasteiger partial charge in [-0.15, -0.1) is 0 Å². The van der Waals surface area contributed by atoms with Gasteiger partial charge < -0.3 is 10.6 Å². The minimum atomic E-state index is -0.152. The molecule has 1 aromatic carbocycles. The second-order valence-corrected chi connectivity index (χ2v) is 5.84. The Morgan fingerprint density at radius 3 is 2.84 bits per heavy atom. The Morgan fingerprint density at radius 2 is 2.21 bits per heavy atom. The SMILES string of the molecule is CCCC1CCN(c2cc(C)c(F)cc2[C@@H](C)N)C1. The maximum Gasteiger partial charge on any atom is 0.126 e. The fourth-order valence-corrected chi connectivity index (χ4v) is 3.02. The molecule has 1 heterocycles. The van der Waals surface area contributed by atoms with Gasteiger partial charge in [-0.25, -0.2) is 4.39 Å². The van der Waals surface area contributed by atoms with Crippen molar-refractivity contribution in [3.63, 3.8) is 0 Å². The van der Waals surface area contributed by atoms with Crippen LogP contribution in [0.25, 0.3) is 0 Å². The maximum atomic E-state index is 13.7. The van der Waals surface area contributed by atoms with Crippen LogP contribution in [-0.4, -0.2) is 13.1 Å². The lowest BCUT2D eigenvalue weighted by molar-refractivity contribution is 0.529. The fourth-order valence-electron chi connectivity index (χ4n) is 3.02. The van der Waals surface area contributed by atoms with Gasteiger partial charge in [0.05, 0.1) is 0 Å². The number of hydrogen-bond donors (Lipinski definition) is 1. The molecule has 2 N–H and O–H groups in total. The first-order valence-corrected chi connectivity index (χ1v) is 7.33. The summed E-state index contributed by atoms with van der Waals surface area (Å²) in [5.74, 6) is 0.622. The Hall–Kier alpha value is -1.09. The van der Waals surface area contributed by atoms with E-state index in [-0.39, 0.29) is 11.9 Å². The van der Waals surface area contributed by atoms with Gasteiger partial charge in [0, 0.05) is 24.8 Å². The van der Waals surface area contributed by atoms with Crippen LogP contribution in [0.4, 0.5) is 10.1 Å². The molecular weight excluding hydrogens is 239 g/mol. The molecule has 1 aromatic rings. The predicted octanol–water partition coefficient (Wildman–Crippen LogP) is 3.78. The van der Waals surface area contributed by atoms with Crippen molar-refractivity contribution in [3.05, 3.63) is 29.1 Å². The Balaban J connectivity index is 2.26. The van der Waals surface area contributed by atoms with E-state index >= 15 is 0 Å². The van der Waals surface area contributed by atoms with Gasteiger partial charge in [0.1, 0.15) is 5.82 Å². The highest BCUT2D eigenvalue weighted by atomic mass is 19.1. The monoisotopic (exact) mass is 264 g/mol. The minimum Gasteiger partial charge on any atom is -0.371 e. The van der Waals surface area contributed by atoms with Crippen molar-refractivity contribution in [1.82, 2.24) is 0 Å². The summed E-state index contributed by atoms with van der Waals surface area (Å²) < 4.78 is 13.7. The van der Waals surface area contributed by atoms with Gasteiger partial charge >= 0.3 is 0 Å². The Kier molecular flexibility index (Phi) is 4.46. The molecule has 1 aliphatic heterocycles. The first kappa shape index (κ1) is 14.3. The molecule has 1 fully saturated rings. The summed E-state index contributed by atoms with van der Waals surface area (Å²) in [7, 11) is 0. The largest absolute Gasteiger partial charge is 0.371 e. The van der Waals surface area contributed by atoms with Gasteiger partial charge in [0.25, 0.3) is 0 Å². The van der Waals surface area contributed by atoms with E-state index in [4.69, 9.17) is 5.73 Å². The van der Waals surface area contributed by atoms with Gasteiger partial charge in [0.2, 0.25) is 0 Å². The quantitative estimate of drug-likeness (QED) is 0.896. The van der Waals surface area contributed by atoms with Crippen LogP contribution in [0.3, 0.4) is 0 Å². The summed E-state index contributed by atoms with van der Waals surface area (Å²) in [4.78, 5) is 2.38. The minimum absolute atomic E-state index is 0.129. The molecule has 2 nitrogen and oxygen atoms in total. The fraction of sp³-hybridized carbons (Fsp3) is 0.625. The molecule has 0 bridgehead atoms. The first-order chi connectivity index (χ1) is 9.02. The second-order valence-electron chi connectivity index (χ2n) is 5.84. The van der Waals surface area contributed by atoms with Crippen LogP contribution in [0.2, 0.25) is 0 Å². The molecule has 1 aliphatic rings. The van der Waals surface area contributed by atoms with Crippen LogP contribution >= 0.6 is 0 Å². The van der Waals surface area contributed by atoms with Crippen molar-refractivity contribution in [1.29, 1.82) is 0 Å². The summed E-state index contributed by atoms with van der Waals surface area (Å²) in [6.07, 6.45) is 3.76. The van der Waals surface area contributed by atoms with E-state index in [1.54, 1.807) is 6.07 Å². The number of anilines is 1. The highest BCUT2D eigenvalue weighted by molar-refractivity contribution is 5.57. The Morgan fingerprint density at radius 1 is 1.47 bits per heavy atom. The van der Waals surface area contributed by atoms with E-state index in [2.05, 4.69) is 11.8 Å². The lowest BCUT2D eigenvalue weighted by Gasteiger charge is -2.24. The molecule has 0 radical (unpaired) electrons. The third-order valence-corrected chi connectivity index (χ3v) is 4.12. The van der Waals surface area contributed by atoms with Crippen LogP contribution in [0.5, 0.6) is 0 Å². The topological polar surface area (TPSA) is 29.3 Å². The molecule has 0 amide bonds. The summed E-state index contributed by atoms with van der Waals surface area (Å²) in [6, 6.07) is 3.44. The highest BCUT2D eigenvalue weighted by Gasteiger charge is 2.25. The Bertz CT molecular complexity index is 443. The molecule has 2 atom stereocenters. The summed E-state index contributed by atoms with van der Waals surface area (Å²) in [6.45, 7) is 8.13. The van der Waals surface area contributed by atoms with Crippen LogP contribution < -0.4 is 10.6 Å². The number of hydrogen-bond acceptors (Lipinski definition) is 2. The highest BCUT2D eigenvalue weighted by Crippen LogP contribution is 2.33. The summed E-state index contributed by atoms with van der Waals surface area (Å²) in [5.41, 5.74) is 8.77. The van der Waals surface area contributed by atoms with E-state index < -0.39 is 0 Å². The van der Waals surface area contributed by atoms with Crippen LogP contribution in [-0.2, 0) is 0 Å². The third-order valence-electron chi connectivity index (χ3n) is 4.12. The number of halogens is 1. The summed E-state index contributed by atoms with van der Waals surface area (Å²) in [5, 5.41) is 0. The Labute approximate surface area is 115 Å². The lowest BCUT2D eigenvalue weighted by Crippen LogP contribution is -2.23. The van der Waals surface area contributed by atoms with Crippen molar-refractivity contribution in [2.45, 2.75) is 46.1 Å². The summed E-state index contributed by atoms with van der Waals surface area (Å²) >= 11 is 0. The normalized spacial score (nSPS) is 20.9. The number of rotatable bonds is 4. The standard InChI is InChI=1S/C16H25FN2/c1-4-5-13-6-7-19(10-13)16-8-11(2)15(17)9-14(16)12(3)18/h8-9,12-13H,4-7,10,18H2,1-3H3/t12-,13?/m1/s1. The molecule has 19 heavy (non-hydrogen) atoms. The van der Waals surface area contributed by atoms with Crippen molar-refractivity contribution < 1.29 is 4.39 Å². The van der Waals surface area contributed by atoms with E-state index in [0.717, 1.165) is 30.3 Å². The third kappa shape index (κ3) is 3.08. The maximum absolute atomic E-state index is 13.7. The van der Waals surface area contributed by atoms with Gasteiger partial charge in [-0.05, 0) is 55.9 Å². The molecule has 1 unspecified atom stereocenters. The molecule has 0 aliphatic carbocycles. The zero-order valence-electron chi connectivity index (χ0n) is 12.2. The van der Waals surface area contributed by atoms with Gasteiger partial charge in [-0.1, -0.05) is 13.3 Å². The van der Waals surface area contributed by atoms with Crippen molar-refractivity contribution in [2.24, 2.45) is 11.7 Å². The molecule has 0 aromatic heterocycles. The molecule has 106 valence electrons. The van der Waals surface area contributed by atoms with E-state index in [1.165, 1.54) is 19.3 Å². The van der Waals surface area contributed by atoms with E-state index in [0.29, 0.717) is 5.56 Å². The molecule has 0 spiro atoms. The second kappa shape index (κ2) is 5.91. The number of nitrogens with two attached hydrogens (primary N) is 1. The zero-order valence-corrected chi connectivity index (χ0v) is 12.2. The van der Waals surface area contributed by atoms with Crippen LogP contribution in [0.15, 0.2) is 12.1 Å². The zero-order chi connectivity index (χ0) is 14.0. The van der Waals surface area contributed by atoms with Crippen LogP contribution in [0.1, 0.15) is 50.3 Å². The van der Waals surface area contributed by atoms with Crippen molar-refractivity contribution in [2.75, 3.05) is 18.0 Å². The van der Waals surface area contributed by atoms with Gasteiger partial charge in [0.15, 0.2) is 0 Å². The smallest absolute Gasteiger partial charge is 0.126 e. The number of nitrogens with zero attached hydrogens (tertiary/aromatic N) is 1. The molecule has 3 heteroatoms. The molecule has 1 saturated heterocycles. The van der Waals surface area contributed by atoms with E-state index in [9.17, 15) is 4.39 Å². The first-order valence-electron chi connectivity index (χ1n) is 7.33. The van der Waals surface area contributed by atoms with Crippen molar-refractivity contribution >= 4 is 5.69 Å². The lowest BCUT2D eigenvalue weighted by atomic mass is 10.0. The average Bonchev–Trinajstić information content (AvgIpc) is 2.81. The van der Waals surface area contributed by atoms with Gasteiger partial charge in [-0.2, -0.15) is 0 Å². The van der Waals surface area contributed by atoms with Gasteiger partial charge in [-0.3, -0.25) is 0 Å². The van der Waals surface area contributed by atoms with Crippen molar-refractivity contribution in [3.8, 4) is 0 Å². The van der Waals surface area contributed by atoms with Crippen LogP contribution in [0, 0.1) is 18.7 Å². The molecule has 0 saturated carbocycles. The number of aryl methyl sites for hydroxylation is 1. The average molecular weight is 264 g/mol. The molecular formula is C16H25FN2. The molecule has 2 rings (SSSR count). The van der Waals surface area contributed by atoms with E-state index in [1.807, 2.05) is 19.9 Å². The number of benzene rings is 1.